The Kier molecular flexibility index (Phi) is 3.33. The molecule has 3 rings (SSSR count). The number of alkyl halides is 3. The predicted octanol–water partition coefficient (Wildman–Crippen LogP) is 3.46. The fourth-order valence-electron chi connectivity index (χ4n) is 3.90. The van der Waals surface area contributed by atoms with E-state index >= 15 is 0 Å². The number of hydrogen-bond donors (Lipinski definition) is 1. The van der Waals surface area contributed by atoms with Crippen molar-refractivity contribution < 1.29 is 18.3 Å². The topological polar surface area (TPSA) is 23.5 Å². The van der Waals surface area contributed by atoms with Crippen LogP contribution < -0.4 is 0 Å². The Hall–Kier alpha value is -1.07. The highest BCUT2D eigenvalue weighted by Crippen LogP contribution is 2.46. The summed E-state index contributed by atoms with van der Waals surface area (Å²) < 4.78 is 38.9. The molecule has 116 valence electrons. The van der Waals surface area contributed by atoms with Crippen molar-refractivity contribution in [3.05, 3.63) is 34.9 Å². The van der Waals surface area contributed by atoms with Crippen molar-refractivity contribution in [2.45, 2.75) is 56.5 Å². The second kappa shape index (κ2) is 4.71. The summed E-state index contributed by atoms with van der Waals surface area (Å²) in [6, 6.07) is 4.49. The Morgan fingerprint density at radius 3 is 2.24 bits per heavy atom. The smallest absolute Gasteiger partial charge is 0.385 e. The van der Waals surface area contributed by atoms with Crippen molar-refractivity contribution in [2.24, 2.45) is 0 Å². The van der Waals surface area contributed by atoms with Crippen LogP contribution in [0.4, 0.5) is 13.2 Å². The van der Waals surface area contributed by atoms with E-state index in [1.54, 1.807) is 13.0 Å². The van der Waals surface area contributed by atoms with Crippen molar-refractivity contribution >= 4 is 0 Å². The number of hydrogen-bond acceptors (Lipinski definition) is 2. The first-order valence-corrected chi connectivity index (χ1v) is 7.33. The van der Waals surface area contributed by atoms with E-state index in [1.807, 2.05) is 7.05 Å². The molecular formula is C16H20F3NO. The summed E-state index contributed by atoms with van der Waals surface area (Å²) in [5.41, 5.74) is -0.846. The van der Waals surface area contributed by atoms with Gasteiger partial charge in [-0.15, -0.1) is 0 Å². The van der Waals surface area contributed by atoms with E-state index in [-0.39, 0.29) is 12.1 Å². The lowest BCUT2D eigenvalue weighted by Gasteiger charge is -2.42. The average molecular weight is 299 g/mol. The molecule has 2 heterocycles. The second-order valence-electron chi connectivity index (χ2n) is 6.58. The molecule has 1 aromatic carbocycles. The molecule has 2 aliphatic rings. The molecule has 5 heteroatoms. The summed E-state index contributed by atoms with van der Waals surface area (Å²) in [6.07, 6.45) is -1.31. The largest absolute Gasteiger partial charge is 0.416 e. The minimum atomic E-state index is -4.37. The highest BCUT2D eigenvalue weighted by Gasteiger charge is 2.47. The summed E-state index contributed by atoms with van der Waals surface area (Å²) in [6.45, 7) is 1.64. The van der Waals surface area contributed by atoms with Crippen LogP contribution in [0.2, 0.25) is 0 Å². The number of rotatable bonds is 1. The lowest BCUT2D eigenvalue weighted by molar-refractivity contribution is -0.137. The maximum Gasteiger partial charge on any atom is 0.416 e. The van der Waals surface area contributed by atoms with Gasteiger partial charge in [0.25, 0.3) is 0 Å². The lowest BCUT2D eigenvalue weighted by atomic mass is 9.79. The van der Waals surface area contributed by atoms with E-state index < -0.39 is 17.3 Å². The van der Waals surface area contributed by atoms with Crippen LogP contribution in [0.25, 0.3) is 0 Å². The molecule has 0 radical (unpaired) electrons. The first-order valence-electron chi connectivity index (χ1n) is 7.33. The fraction of sp³-hybridized carbons (Fsp3) is 0.625. The highest BCUT2D eigenvalue weighted by molar-refractivity contribution is 5.35. The van der Waals surface area contributed by atoms with Crippen molar-refractivity contribution in [3.8, 4) is 0 Å². The van der Waals surface area contributed by atoms with Crippen LogP contribution in [-0.4, -0.2) is 29.1 Å². The summed E-state index contributed by atoms with van der Waals surface area (Å²) in [5.74, 6) is 0. The van der Waals surface area contributed by atoms with Gasteiger partial charge in [-0.05, 0) is 57.4 Å². The van der Waals surface area contributed by atoms with Gasteiger partial charge in [0.05, 0.1) is 11.2 Å². The van der Waals surface area contributed by atoms with E-state index in [0.717, 1.165) is 25.0 Å². The Balaban J connectivity index is 1.99. The lowest BCUT2D eigenvalue weighted by Crippen LogP contribution is -2.47. The zero-order valence-electron chi connectivity index (χ0n) is 12.2. The molecule has 0 spiro atoms. The number of benzene rings is 1. The zero-order valence-corrected chi connectivity index (χ0v) is 12.2. The normalized spacial score (nSPS) is 33.4. The number of aryl methyl sites for hydroxylation is 1. The Bertz CT molecular complexity index is 541. The molecule has 2 unspecified atom stereocenters. The van der Waals surface area contributed by atoms with Crippen LogP contribution >= 0.6 is 0 Å². The van der Waals surface area contributed by atoms with Crippen LogP contribution in [0.3, 0.4) is 0 Å². The van der Waals surface area contributed by atoms with Crippen LogP contribution in [0.15, 0.2) is 18.2 Å². The summed E-state index contributed by atoms with van der Waals surface area (Å²) in [7, 11) is 2.04. The molecule has 0 aliphatic carbocycles. The molecule has 0 amide bonds. The molecule has 0 saturated carbocycles. The fourth-order valence-corrected chi connectivity index (χ4v) is 3.90. The number of nitrogens with zero attached hydrogens (tertiary/aromatic N) is 1. The van der Waals surface area contributed by atoms with Gasteiger partial charge in [-0.2, -0.15) is 13.2 Å². The van der Waals surface area contributed by atoms with E-state index in [0.29, 0.717) is 24.0 Å². The Morgan fingerprint density at radius 2 is 1.71 bits per heavy atom. The molecule has 2 fully saturated rings. The molecule has 2 saturated heterocycles. The van der Waals surface area contributed by atoms with Gasteiger partial charge in [0.15, 0.2) is 0 Å². The van der Waals surface area contributed by atoms with E-state index in [1.165, 1.54) is 0 Å². The van der Waals surface area contributed by atoms with E-state index in [4.69, 9.17) is 0 Å². The van der Waals surface area contributed by atoms with Crippen molar-refractivity contribution in [1.82, 2.24) is 4.90 Å². The third-order valence-corrected chi connectivity index (χ3v) is 5.07. The number of piperidine rings is 1. The highest BCUT2D eigenvalue weighted by atomic mass is 19.4. The number of fused-ring (bicyclic) bond motifs is 2. The zero-order chi connectivity index (χ0) is 15.4. The molecule has 2 bridgehead atoms. The van der Waals surface area contributed by atoms with Gasteiger partial charge in [0, 0.05) is 12.1 Å². The molecule has 21 heavy (non-hydrogen) atoms. The van der Waals surface area contributed by atoms with Crippen LogP contribution in [0.5, 0.6) is 0 Å². The second-order valence-corrected chi connectivity index (χ2v) is 6.58. The van der Waals surface area contributed by atoms with Crippen LogP contribution in [0, 0.1) is 6.92 Å². The molecule has 1 aromatic rings. The molecule has 2 nitrogen and oxygen atoms in total. The van der Waals surface area contributed by atoms with Crippen LogP contribution in [-0.2, 0) is 11.8 Å². The van der Waals surface area contributed by atoms with Crippen LogP contribution in [0.1, 0.15) is 42.4 Å². The van der Waals surface area contributed by atoms with Gasteiger partial charge in [-0.25, -0.2) is 0 Å². The van der Waals surface area contributed by atoms with E-state index in [2.05, 4.69) is 4.90 Å². The monoisotopic (exact) mass is 299 g/mol. The third kappa shape index (κ3) is 2.57. The van der Waals surface area contributed by atoms with E-state index in [9.17, 15) is 18.3 Å². The first kappa shape index (κ1) is 14.9. The summed E-state index contributed by atoms with van der Waals surface area (Å²) in [5, 5.41) is 11.0. The number of halogens is 3. The molecule has 0 aromatic heterocycles. The molecule has 2 atom stereocenters. The molecule has 1 N–H and O–H groups in total. The van der Waals surface area contributed by atoms with Gasteiger partial charge in [-0.3, -0.25) is 0 Å². The van der Waals surface area contributed by atoms with Crippen molar-refractivity contribution in [3.63, 3.8) is 0 Å². The minimum Gasteiger partial charge on any atom is -0.385 e. The van der Waals surface area contributed by atoms with Gasteiger partial charge in [0.1, 0.15) is 0 Å². The van der Waals surface area contributed by atoms with Crippen molar-refractivity contribution in [2.75, 3.05) is 7.05 Å². The first-order chi connectivity index (χ1) is 9.69. The van der Waals surface area contributed by atoms with Gasteiger partial charge < -0.3 is 10.0 Å². The standard InChI is InChI=1S/C16H20F3NO/c1-10-5-11(7-12(6-10)16(17,18)19)15(21)8-13-3-4-14(9-15)20(13)2/h5-7,13-14,21H,3-4,8-9H2,1-2H3. The average Bonchev–Trinajstić information content (AvgIpc) is 2.61. The SMILES string of the molecule is Cc1cc(C(F)(F)F)cc(C2(O)CC3CCC(C2)N3C)c1. The maximum atomic E-state index is 13.0. The third-order valence-electron chi connectivity index (χ3n) is 5.07. The Labute approximate surface area is 122 Å². The Morgan fingerprint density at radius 1 is 1.14 bits per heavy atom. The van der Waals surface area contributed by atoms with Gasteiger partial charge >= 0.3 is 6.18 Å². The predicted molar refractivity (Wildman–Crippen MR) is 73.9 cm³/mol. The molecule has 2 aliphatic heterocycles. The van der Waals surface area contributed by atoms with Gasteiger partial charge in [-0.1, -0.05) is 11.6 Å². The van der Waals surface area contributed by atoms with Gasteiger partial charge in [0.2, 0.25) is 0 Å². The minimum absolute atomic E-state index is 0.267. The summed E-state index contributed by atoms with van der Waals surface area (Å²) in [4.78, 5) is 2.26. The molecular weight excluding hydrogens is 279 g/mol. The van der Waals surface area contributed by atoms with Crippen molar-refractivity contribution in [1.29, 1.82) is 0 Å². The maximum absolute atomic E-state index is 13.0. The quantitative estimate of drug-likeness (QED) is 0.858. The summed E-state index contributed by atoms with van der Waals surface area (Å²) >= 11 is 0. The number of aliphatic hydroxyl groups is 1.